The Balaban J connectivity index is 1.70. The number of anilines is 2. The number of piperidine rings is 1. The Bertz CT molecular complexity index is 810. The van der Waals surface area contributed by atoms with Crippen molar-refractivity contribution in [2.24, 2.45) is 5.92 Å². The highest BCUT2D eigenvalue weighted by Crippen LogP contribution is 2.25. The van der Waals surface area contributed by atoms with Crippen LogP contribution in [0.4, 0.5) is 17.1 Å². The fraction of sp³-hybridized carbons (Fsp3) is 0.350. The van der Waals surface area contributed by atoms with Gasteiger partial charge in [-0.1, -0.05) is 13.0 Å². The van der Waals surface area contributed by atoms with Gasteiger partial charge < -0.3 is 10.2 Å². The van der Waals surface area contributed by atoms with Crippen LogP contribution in [-0.4, -0.2) is 23.9 Å². The van der Waals surface area contributed by atoms with Crippen LogP contribution in [0.5, 0.6) is 0 Å². The highest BCUT2D eigenvalue weighted by Gasteiger charge is 2.19. The summed E-state index contributed by atoms with van der Waals surface area (Å²) in [5.74, 6) is 0.439. The lowest BCUT2D eigenvalue weighted by Crippen LogP contribution is -2.32. The number of nitrogens with zero attached hydrogens (tertiary/aromatic N) is 2. The molecule has 136 valence electrons. The van der Waals surface area contributed by atoms with E-state index in [9.17, 15) is 14.9 Å². The van der Waals surface area contributed by atoms with E-state index in [1.165, 1.54) is 25.0 Å². The molecule has 1 N–H and O–H groups in total. The molecule has 1 aliphatic heterocycles. The number of carbonyl (C=O) groups excluding carboxylic acids is 1. The van der Waals surface area contributed by atoms with Gasteiger partial charge in [0, 0.05) is 41.7 Å². The molecule has 0 bridgehead atoms. The number of benzene rings is 2. The summed E-state index contributed by atoms with van der Waals surface area (Å²) in [4.78, 5) is 25.4. The molecule has 1 heterocycles. The van der Waals surface area contributed by atoms with E-state index in [1.807, 2.05) is 24.3 Å². The molecule has 2 aromatic rings. The van der Waals surface area contributed by atoms with Crippen LogP contribution in [0.3, 0.4) is 0 Å². The van der Waals surface area contributed by atoms with Crippen LogP contribution in [0.25, 0.3) is 0 Å². The summed E-state index contributed by atoms with van der Waals surface area (Å²) in [5, 5.41) is 13.9. The Kier molecular flexibility index (Phi) is 5.21. The first kappa shape index (κ1) is 17.9. The zero-order chi connectivity index (χ0) is 18.7. The molecule has 6 heteroatoms. The van der Waals surface area contributed by atoms with Gasteiger partial charge in [0.1, 0.15) is 0 Å². The molecule has 1 saturated heterocycles. The van der Waals surface area contributed by atoms with E-state index < -0.39 is 4.92 Å². The molecule has 1 fully saturated rings. The summed E-state index contributed by atoms with van der Waals surface area (Å²) in [5.41, 5.74) is 2.46. The number of nitro groups is 1. The van der Waals surface area contributed by atoms with Gasteiger partial charge in [-0.3, -0.25) is 14.9 Å². The summed E-state index contributed by atoms with van der Waals surface area (Å²) in [6, 6.07) is 12.3. The first-order valence-corrected chi connectivity index (χ1v) is 8.86. The maximum absolute atomic E-state index is 12.5. The largest absolute Gasteiger partial charge is 0.372 e. The quantitative estimate of drug-likeness (QED) is 0.653. The Morgan fingerprint density at radius 3 is 2.42 bits per heavy atom. The van der Waals surface area contributed by atoms with Crippen molar-refractivity contribution in [1.82, 2.24) is 0 Å². The van der Waals surface area contributed by atoms with Crippen molar-refractivity contribution in [3.63, 3.8) is 0 Å². The molecular formula is C20H23N3O3. The van der Waals surface area contributed by atoms with Gasteiger partial charge in [0.2, 0.25) is 0 Å². The average molecular weight is 353 g/mol. The summed E-state index contributed by atoms with van der Waals surface area (Å²) < 4.78 is 0. The van der Waals surface area contributed by atoms with Gasteiger partial charge in [-0.05, 0) is 56.0 Å². The van der Waals surface area contributed by atoms with Crippen LogP contribution in [0.1, 0.15) is 35.7 Å². The number of carbonyl (C=O) groups is 1. The topological polar surface area (TPSA) is 75.5 Å². The maximum atomic E-state index is 12.5. The highest BCUT2D eigenvalue weighted by molar-refractivity contribution is 6.05. The van der Waals surface area contributed by atoms with E-state index in [0.717, 1.165) is 24.7 Å². The Hall–Kier alpha value is -2.89. The van der Waals surface area contributed by atoms with Crippen LogP contribution >= 0.6 is 0 Å². The van der Waals surface area contributed by atoms with Crippen molar-refractivity contribution in [3.05, 3.63) is 63.7 Å². The molecule has 1 aliphatic rings. The molecule has 0 aromatic heterocycles. The molecule has 0 atom stereocenters. The predicted molar refractivity (Wildman–Crippen MR) is 103 cm³/mol. The predicted octanol–water partition coefficient (Wildman–Crippen LogP) is 4.39. The van der Waals surface area contributed by atoms with Crippen molar-refractivity contribution in [2.75, 3.05) is 23.3 Å². The molecular weight excluding hydrogens is 330 g/mol. The molecule has 6 nitrogen and oxygen atoms in total. The smallest absolute Gasteiger partial charge is 0.273 e. The summed E-state index contributed by atoms with van der Waals surface area (Å²) in [6.45, 7) is 5.98. The van der Waals surface area contributed by atoms with Crippen LogP contribution in [-0.2, 0) is 0 Å². The molecule has 1 amide bonds. The molecule has 2 aromatic carbocycles. The Morgan fingerprint density at radius 1 is 1.15 bits per heavy atom. The minimum Gasteiger partial charge on any atom is -0.372 e. The summed E-state index contributed by atoms with van der Waals surface area (Å²) >= 11 is 0. The molecule has 0 saturated carbocycles. The van der Waals surface area contributed by atoms with Crippen LogP contribution in [0.2, 0.25) is 0 Å². The molecule has 0 unspecified atom stereocenters. The van der Waals surface area contributed by atoms with Crippen molar-refractivity contribution < 1.29 is 9.72 Å². The number of nitrogens with one attached hydrogen (secondary N) is 1. The first-order valence-electron chi connectivity index (χ1n) is 8.86. The second kappa shape index (κ2) is 7.56. The molecule has 26 heavy (non-hydrogen) atoms. The zero-order valence-corrected chi connectivity index (χ0v) is 15.1. The van der Waals surface area contributed by atoms with Crippen LogP contribution in [0, 0.1) is 23.0 Å². The average Bonchev–Trinajstić information content (AvgIpc) is 2.63. The molecule has 0 radical (unpaired) electrons. The lowest BCUT2D eigenvalue weighted by molar-refractivity contribution is -0.385. The third kappa shape index (κ3) is 3.85. The summed E-state index contributed by atoms with van der Waals surface area (Å²) in [7, 11) is 0. The number of amides is 1. The molecule has 0 aliphatic carbocycles. The number of hydrogen-bond donors (Lipinski definition) is 1. The van der Waals surface area contributed by atoms with Gasteiger partial charge in [0.25, 0.3) is 11.6 Å². The van der Waals surface area contributed by atoms with Crippen molar-refractivity contribution in [2.45, 2.75) is 26.7 Å². The fourth-order valence-corrected chi connectivity index (χ4v) is 3.29. The Labute approximate surface area is 153 Å². The number of nitro benzene ring substituents is 1. The van der Waals surface area contributed by atoms with E-state index in [-0.39, 0.29) is 11.6 Å². The zero-order valence-electron chi connectivity index (χ0n) is 15.1. The molecule has 0 spiro atoms. The highest BCUT2D eigenvalue weighted by atomic mass is 16.6. The van der Waals surface area contributed by atoms with Gasteiger partial charge in [-0.25, -0.2) is 0 Å². The number of hydrogen-bond acceptors (Lipinski definition) is 4. The maximum Gasteiger partial charge on any atom is 0.273 e. The first-order chi connectivity index (χ1) is 12.5. The lowest BCUT2D eigenvalue weighted by atomic mass is 9.99. The van der Waals surface area contributed by atoms with Gasteiger partial charge in [0.15, 0.2) is 0 Å². The van der Waals surface area contributed by atoms with E-state index in [2.05, 4.69) is 17.1 Å². The third-order valence-corrected chi connectivity index (χ3v) is 5.02. The minimum atomic E-state index is -0.472. The van der Waals surface area contributed by atoms with E-state index in [1.54, 1.807) is 13.0 Å². The van der Waals surface area contributed by atoms with Crippen molar-refractivity contribution >= 4 is 23.0 Å². The van der Waals surface area contributed by atoms with Gasteiger partial charge >= 0.3 is 0 Å². The minimum absolute atomic E-state index is 0.0488. The van der Waals surface area contributed by atoms with Gasteiger partial charge in [0.05, 0.1) is 4.92 Å². The van der Waals surface area contributed by atoms with E-state index in [4.69, 9.17) is 0 Å². The normalized spacial score (nSPS) is 14.9. The van der Waals surface area contributed by atoms with Crippen molar-refractivity contribution in [3.8, 4) is 0 Å². The van der Waals surface area contributed by atoms with E-state index in [0.29, 0.717) is 16.8 Å². The molecule has 3 rings (SSSR count). The van der Waals surface area contributed by atoms with Gasteiger partial charge in [-0.2, -0.15) is 0 Å². The lowest BCUT2D eigenvalue weighted by Gasteiger charge is -2.32. The number of rotatable bonds is 4. The van der Waals surface area contributed by atoms with Crippen LogP contribution < -0.4 is 10.2 Å². The Morgan fingerprint density at radius 2 is 1.81 bits per heavy atom. The summed E-state index contributed by atoms with van der Waals surface area (Å²) in [6.07, 6.45) is 2.40. The third-order valence-electron chi connectivity index (χ3n) is 5.02. The second-order valence-corrected chi connectivity index (χ2v) is 6.88. The monoisotopic (exact) mass is 353 g/mol. The second-order valence-electron chi connectivity index (χ2n) is 6.88. The van der Waals surface area contributed by atoms with Crippen LogP contribution in [0.15, 0.2) is 42.5 Å². The SMILES string of the molecule is Cc1c(C(=O)Nc2ccc(N3CCC(C)CC3)cc2)cccc1[N+](=O)[O-]. The van der Waals surface area contributed by atoms with Crippen molar-refractivity contribution in [1.29, 1.82) is 0 Å². The van der Waals surface area contributed by atoms with Gasteiger partial charge in [-0.15, -0.1) is 0 Å². The standard InChI is InChI=1S/C20H23N3O3/c1-14-10-12-22(13-11-14)17-8-6-16(7-9-17)21-20(24)18-4-3-5-19(15(18)2)23(25)26/h3-9,14H,10-13H2,1-2H3,(H,21,24). The fourth-order valence-electron chi connectivity index (χ4n) is 3.29. The van der Waals surface area contributed by atoms with E-state index >= 15 is 0 Å².